The molecule has 0 saturated heterocycles. The van der Waals surface area contributed by atoms with E-state index in [1.807, 2.05) is 0 Å². The second kappa shape index (κ2) is 8.48. The summed E-state index contributed by atoms with van der Waals surface area (Å²) in [6.07, 6.45) is 0. The zero-order chi connectivity index (χ0) is 8.08. The maximum Gasteiger partial charge on any atom is 1.00 e. The molecule has 0 aliphatic rings. The molecule has 0 aliphatic carbocycles. The molecule has 0 bridgehead atoms. The van der Waals surface area contributed by atoms with Gasteiger partial charge in [-0.1, -0.05) is 19.6 Å². The molecule has 0 aromatic heterocycles. The minimum absolute atomic E-state index is 0. The van der Waals surface area contributed by atoms with E-state index in [1.54, 1.807) is 0 Å². The summed E-state index contributed by atoms with van der Waals surface area (Å²) in [7, 11) is -0.481. The second-order valence-corrected chi connectivity index (χ2v) is 11.7. The molecule has 0 saturated carbocycles. The van der Waals surface area contributed by atoms with Crippen LogP contribution in [0.4, 0.5) is 0 Å². The molecule has 0 rings (SSSR count). The van der Waals surface area contributed by atoms with Crippen molar-refractivity contribution in [3.8, 4) is 0 Å². The van der Waals surface area contributed by atoms with Crippen molar-refractivity contribution >= 4 is 16.0 Å². The Balaban J connectivity index is -0.0000000910. The first-order valence-corrected chi connectivity index (χ1v) is 9.59. The van der Waals surface area contributed by atoms with E-state index in [2.05, 4.69) is 46.2 Å². The van der Waals surface area contributed by atoms with Crippen molar-refractivity contribution < 1.29 is 22.4 Å². The van der Waals surface area contributed by atoms with Crippen molar-refractivity contribution in [2.75, 3.05) is 20.0 Å². The summed E-state index contributed by atoms with van der Waals surface area (Å²) in [5.41, 5.74) is 0. The first kappa shape index (κ1) is 17.5. The minimum Gasteiger partial charge on any atom is -0.342 e. The fraction of sp³-hybridized carbons (Fsp3) is 0.857. The van der Waals surface area contributed by atoms with Gasteiger partial charge in [0, 0.05) is 0 Å². The normalized spacial score (nSPS) is 9.60. The molecule has 0 N–H and O–H groups in total. The molecule has 3 heteroatoms. The topological polar surface area (TPSA) is 0 Å². The van der Waals surface area contributed by atoms with Crippen LogP contribution in [0.1, 0.15) is 0 Å². The predicted octanol–water partition coefficient (Wildman–Crippen LogP) is 3.05. The Morgan fingerprint density at radius 2 is 1.00 bits per heavy atom. The molecular weight excluding hydrogens is 340 g/mol. The Morgan fingerprint density at radius 3 is 1.00 bits per heavy atom. The van der Waals surface area contributed by atoms with E-state index in [-0.39, 0.29) is 22.4 Å². The summed E-state index contributed by atoms with van der Waals surface area (Å²) in [6, 6.07) is 0. The van der Waals surface area contributed by atoms with Gasteiger partial charge in [0.05, 0.1) is 0 Å². The van der Waals surface area contributed by atoms with Gasteiger partial charge >= 0.3 is 22.4 Å². The third-order valence-corrected chi connectivity index (χ3v) is 0. The summed E-state index contributed by atoms with van der Waals surface area (Å²) in [5, 5.41) is 0. The van der Waals surface area contributed by atoms with Gasteiger partial charge in [-0.2, -0.15) is 0 Å². The van der Waals surface area contributed by atoms with Gasteiger partial charge in [-0.15, -0.1) is 16.0 Å². The molecule has 0 radical (unpaired) electrons. The van der Waals surface area contributed by atoms with Crippen LogP contribution in [0, 0.1) is 6.55 Å². The maximum atomic E-state index is 3.91. The molecule has 68 valence electrons. The van der Waals surface area contributed by atoms with E-state index in [9.17, 15) is 0 Å². The van der Waals surface area contributed by atoms with Crippen LogP contribution in [0.25, 0.3) is 0 Å². The van der Waals surface area contributed by atoms with Gasteiger partial charge < -0.3 is 6.55 Å². The number of hydrogen-bond donors (Lipinski definition) is 0. The molecule has 0 amide bonds. The van der Waals surface area contributed by atoms with Crippen LogP contribution in [-0.4, -0.2) is 28.1 Å². The summed E-state index contributed by atoms with van der Waals surface area (Å²) in [4.78, 5) is 0. The number of rotatable bonds is 0. The van der Waals surface area contributed by atoms with Crippen LogP contribution in [0.15, 0.2) is 0 Å². The second-order valence-electron chi connectivity index (χ2n) is 3.90. The summed E-state index contributed by atoms with van der Waals surface area (Å²) < 4.78 is 0. The molecule has 0 aromatic carbocycles. The minimum atomic E-state index is -0.861. The Hall–Kier alpha value is 1.39. The zero-order valence-corrected chi connectivity index (χ0v) is 12.0. The Bertz CT molecular complexity index is 50.4. The van der Waals surface area contributed by atoms with Crippen LogP contribution >= 0.6 is 7.92 Å². The third-order valence-electron chi connectivity index (χ3n) is 0. The first-order valence-electron chi connectivity index (χ1n) is 3.20. The predicted molar refractivity (Wildman–Crippen MR) is 53.4 cm³/mol. The van der Waals surface area contributed by atoms with Gasteiger partial charge in [-0.3, -0.25) is 0 Å². The average Bonchev–Trinajstić information content (AvgIpc) is 1.19. The van der Waals surface area contributed by atoms with Crippen LogP contribution in [-0.2, 0) is 22.4 Å². The van der Waals surface area contributed by atoms with E-state index in [4.69, 9.17) is 0 Å². The zero-order valence-electron chi connectivity index (χ0n) is 7.96. The largest absolute Gasteiger partial charge is 1.00 e. The van der Waals surface area contributed by atoms with E-state index < -0.39 is 8.07 Å². The molecular formula is C7H20AuPSi. The Labute approximate surface area is 84.4 Å². The van der Waals surface area contributed by atoms with E-state index in [0.29, 0.717) is 7.92 Å². The van der Waals surface area contributed by atoms with Crippen molar-refractivity contribution in [2.45, 2.75) is 19.6 Å². The van der Waals surface area contributed by atoms with Gasteiger partial charge in [0.25, 0.3) is 0 Å². The molecule has 0 aliphatic heterocycles. The molecule has 0 unspecified atom stereocenters. The van der Waals surface area contributed by atoms with Gasteiger partial charge in [0.15, 0.2) is 0 Å². The smallest absolute Gasteiger partial charge is 0.342 e. The summed E-state index contributed by atoms with van der Waals surface area (Å²) >= 11 is 0. The van der Waals surface area contributed by atoms with E-state index in [1.165, 1.54) is 0 Å². The van der Waals surface area contributed by atoms with Crippen molar-refractivity contribution in [1.82, 2.24) is 0 Å². The average molecular weight is 360 g/mol. The monoisotopic (exact) mass is 360 g/mol. The van der Waals surface area contributed by atoms with E-state index in [0.717, 1.165) is 0 Å². The molecule has 0 fully saturated rings. The SMILES string of the molecule is CP(C)C.[Au+].[CH2-][Si](C)(C)C. The Kier molecular flexibility index (Phi) is 14.8. The summed E-state index contributed by atoms with van der Waals surface area (Å²) in [5.74, 6) is 0. The first-order chi connectivity index (χ1) is 3.73. The third kappa shape index (κ3) is 343. The quantitative estimate of drug-likeness (QED) is 0.354. The van der Waals surface area contributed by atoms with Crippen LogP contribution in [0.2, 0.25) is 19.6 Å². The van der Waals surface area contributed by atoms with Crippen molar-refractivity contribution in [1.29, 1.82) is 0 Å². The fourth-order valence-electron chi connectivity index (χ4n) is 0. The fourth-order valence-corrected chi connectivity index (χ4v) is 0. The van der Waals surface area contributed by atoms with Crippen molar-refractivity contribution in [3.05, 3.63) is 6.55 Å². The molecule has 0 spiro atoms. The van der Waals surface area contributed by atoms with Crippen molar-refractivity contribution in [2.24, 2.45) is 0 Å². The molecule has 0 atom stereocenters. The molecule has 0 aromatic rings. The van der Waals surface area contributed by atoms with Gasteiger partial charge in [-0.25, -0.2) is 0 Å². The summed E-state index contributed by atoms with van der Waals surface area (Å²) in [6.45, 7) is 17.3. The standard InChI is InChI=1S/C4H11Si.C3H9P.Au/c1-5(2,3)4;1-4(2)3;/h1H2,2-4H3;1-3H3;/q-1;;+1. The molecule has 0 nitrogen and oxygen atoms in total. The van der Waals surface area contributed by atoms with E-state index >= 15 is 0 Å². The van der Waals surface area contributed by atoms with Gasteiger partial charge in [0.2, 0.25) is 0 Å². The number of hydrogen-bond acceptors (Lipinski definition) is 0. The van der Waals surface area contributed by atoms with Gasteiger partial charge in [-0.05, 0) is 20.0 Å². The van der Waals surface area contributed by atoms with Crippen molar-refractivity contribution in [3.63, 3.8) is 0 Å². The molecule has 0 heterocycles. The van der Waals surface area contributed by atoms with Crippen LogP contribution in [0.3, 0.4) is 0 Å². The Morgan fingerprint density at radius 1 is 1.00 bits per heavy atom. The van der Waals surface area contributed by atoms with Crippen LogP contribution in [0.5, 0.6) is 0 Å². The molecule has 10 heavy (non-hydrogen) atoms. The van der Waals surface area contributed by atoms with Gasteiger partial charge in [0.1, 0.15) is 0 Å². The maximum absolute atomic E-state index is 3.91. The van der Waals surface area contributed by atoms with Crippen LogP contribution < -0.4 is 0 Å².